The molecule has 0 spiro atoms. The van der Waals surface area contributed by atoms with E-state index in [4.69, 9.17) is 0 Å². The third kappa shape index (κ3) is 2.37. The predicted molar refractivity (Wildman–Crippen MR) is 32.0 cm³/mol. The quantitative estimate of drug-likeness (QED) is 0.505. The van der Waals surface area contributed by atoms with Crippen LogP contribution in [-0.2, 0) is 17.1 Å². The standard InChI is InChI=1S/C5H4N2O4.Cu/c8-3-1-2(4(9)10)6-5(11)7-3;/h1H,(H,9,10)(H2,6,7,8,11);/q;+1/p-1. The van der Waals surface area contributed by atoms with Gasteiger partial charge in [0.25, 0.3) is 5.56 Å². The van der Waals surface area contributed by atoms with Gasteiger partial charge in [0.1, 0.15) is 0 Å². The van der Waals surface area contributed by atoms with Crippen LogP contribution in [0.25, 0.3) is 0 Å². The zero-order valence-electron chi connectivity index (χ0n) is 5.51. The summed E-state index contributed by atoms with van der Waals surface area (Å²) in [6.45, 7) is 0. The number of hydrogen-bond donors (Lipinski definition) is 2. The second kappa shape index (κ2) is 3.89. The van der Waals surface area contributed by atoms with E-state index in [1.165, 1.54) is 0 Å². The van der Waals surface area contributed by atoms with Crippen molar-refractivity contribution in [1.29, 1.82) is 0 Å². The van der Waals surface area contributed by atoms with Gasteiger partial charge in [-0.25, -0.2) is 4.79 Å². The van der Waals surface area contributed by atoms with Crippen LogP contribution in [0.3, 0.4) is 0 Å². The van der Waals surface area contributed by atoms with Crippen LogP contribution < -0.4 is 16.4 Å². The zero-order valence-corrected chi connectivity index (χ0v) is 6.45. The van der Waals surface area contributed by atoms with Gasteiger partial charge in [-0.1, -0.05) is 0 Å². The zero-order chi connectivity index (χ0) is 8.43. The van der Waals surface area contributed by atoms with Crippen molar-refractivity contribution in [1.82, 2.24) is 9.97 Å². The van der Waals surface area contributed by atoms with Gasteiger partial charge in [0.15, 0.2) is 0 Å². The molecule has 1 aromatic heterocycles. The topological polar surface area (TPSA) is 106 Å². The maximum absolute atomic E-state index is 10.4. The normalized spacial score (nSPS) is 8.67. The Hall–Kier alpha value is -1.33. The molecule has 2 N–H and O–H groups in total. The minimum Gasteiger partial charge on any atom is -0.543 e. The molecule has 0 aliphatic rings. The van der Waals surface area contributed by atoms with Crippen molar-refractivity contribution < 1.29 is 27.0 Å². The van der Waals surface area contributed by atoms with Crippen LogP contribution in [-0.4, -0.2) is 15.9 Å². The van der Waals surface area contributed by atoms with Crippen LogP contribution in [0.1, 0.15) is 10.5 Å². The first-order valence-corrected chi connectivity index (χ1v) is 2.64. The number of aromatic amines is 2. The minimum atomic E-state index is -1.59. The molecule has 12 heavy (non-hydrogen) atoms. The van der Waals surface area contributed by atoms with Crippen LogP contribution in [0.15, 0.2) is 15.7 Å². The van der Waals surface area contributed by atoms with Gasteiger partial charge in [0.05, 0.1) is 11.7 Å². The summed E-state index contributed by atoms with van der Waals surface area (Å²) in [5.74, 6) is -1.59. The van der Waals surface area contributed by atoms with Gasteiger partial charge >= 0.3 is 22.8 Å². The second-order valence-corrected chi connectivity index (χ2v) is 1.79. The Labute approximate surface area is 76.1 Å². The first-order valence-electron chi connectivity index (χ1n) is 2.64. The van der Waals surface area contributed by atoms with Crippen molar-refractivity contribution in [3.8, 4) is 0 Å². The van der Waals surface area contributed by atoms with Crippen molar-refractivity contribution in [2.24, 2.45) is 0 Å². The molecule has 68 valence electrons. The smallest absolute Gasteiger partial charge is 0.543 e. The molecule has 0 aliphatic heterocycles. The van der Waals surface area contributed by atoms with E-state index in [0.29, 0.717) is 0 Å². The van der Waals surface area contributed by atoms with Gasteiger partial charge in [-0.05, 0) is 0 Å². The molecular formula is C5H3CuN2O4. The summed E-state index contributed by atoms with van der Waals surface area (Å²) in [4.78, 5) is 34.6. The van der Waals surface area contributed by atoms with E-state index in [-0.39, 0.29) is 17.1 Å². The summed E-state index contributed by atoms with van der Waals surface area (Å²) in [7, 11) is 0. The maximum Gasteiger partial charge on any atom is 1.00 e. The number of hydrogen-bond acceptors (Lipinski definition) is 4. The second-order valence-electron chi connectivity index (χ2n) is 1.79. The summed E-state index contributed by atoms with van der Waals surface area (Å²) in [6.07, 6.45) is 0. The molecule has 0 bridgehead atoms. The molecule has 0 saturated heterocycles. The van der Waals surface area contributed by atoms with Crippen molar-refractivity contribution in [3.63, 3.8) is 0 Å². The molecule has 1 heterocycles. The average molecular weight is 219 g/mol. The Bertz CT molecular complexity index is 365. The Morgan fingerprint density at radius 3 is 2.33 bits per heavy atom. The molecule has 0 fully saturated rings. The average Bonchev–Trinajstić information content (AvgIpc) is 1.85. The van der Waals surface area contributed by atoms with E-state index in [0.717, 1.165) is 6.07 Å². The van der Waals surface area contributed by atoms with Crippen LogP contribution in [0, 0.1) is 0 Å². The summed E-state index contributed by atoms with van der Waals surface area (Å²) in [5, 5.41) is 10.1. The van der Waals surface area contributed by atoms with E-state index in [9.17, 15) is 19.5 Å². The SMILES string of the molecule is O=C([O-])c1cc(=O)[nH]c(=O)[nH]1.[Cu+]. The first kappa shape index (κ1) is 10.7. The summed E-state index contributed by atoms with van der Waals surface area (Å²) < 4.78 is 0. The Morgan fingerprint density at radius 1 is 1.33 bits per heavy atom. The number of aromatic nitrogens is 2. The Kier molecular flexibility index (Phi) is 3.46. The first-order chi connectivity index (χ1) is 5.09. The molecule has 6 nitrogen and oxygen atoms in total. The molecule has 0 saturated carbocycles. The maximum atomic E-state index is 10.4. The van der Waals surface area contributed by atoms with E-state index >= 15 is 0 Å². The number of carboxylic acid groups (broad SMARTS) is 1. The number of carboxylic acids is 1. The number of rotatable bonds is 1. The number of nitrogens with one attached hydrogen (secondary N) is 2. The largest absolute Gasteiger partial charge is 1.00 e. The number of aromatic carboxylic acids is 1. The van der Waals surface area contributed by atoms with E-state index in [2.05, 4.69) is 0 Å². The monoisotopic (exact) mass is 218 g/mol. The summed E-state index contributed by atoms with van der Waals surface area (Å²) in [5.41, 5.74) is -2.16. The van der Waals surface area contributed by atoms with Gasteiger partial charge in [-0.15, -0.1) is 0 Å². The van der Waals surface area contributed by atoms with E-state index in [1.54, 1.807) is 0 Å². The molecule has 0 unspecified atom stereocenters. The van der Waals surface area contributed by atoms with E-state index < -0.39 is 22.9 Å². The predicted octanol–water partition coefficient (Wildman–Crippen LogP) is -2.58. The Morgan fingerprint density at radius 2 is 1.92 bits per heavy atom. The number of H-pyrrole nitrogens is 2. The minimum absolute atomic E-state index is 0. The summed E-state index contributed by atoms with van der Waals surface area (Å²) >= 11 is 0. The Balaban J connectivity index is 0.00000121. The molecule has 0 atom stereocenters. The van der Waals surface area contributed by atoms with Gasteiger partial charge in [0, 0.05) is 6.07 Å². The van der Waals surface area contributed by atoms with Gasteiger partial charge in [-0.3, -0.25) is 9.78 Å². The molecule has 0 radical (unpaired) electrons. The summed E-state index contributed by atoms with van der Waals surface area (Å²) in [6, 6.07) is 0.733. The van der Waals surface area contributed by atoms with Crippen LogP contribution in [0.4, 0.5) is 0 Å². The van der Waals surface area contributed by atoms with Crippen LogP contribution in [0.2, 0.25) is 0 Å². The van der Waals surface area contributed by atoms with Crippen molar-refractivity contribution in [3.05, 3.63) is 32.6 Å². The molecule has 0 aromatic carbocycles. The van der Waals surface area contributed by atoms with Crippen LogP contribution in [0.5, 0.6) is 0 Å². The third-order valence-electron chi connectivity index (χ3n) is 0.980. The van der Waals surface area contributed by atoms with Gasteiger partial charge < -0.3 is 14.9 Å². The molecular weight excluding hydrogens is 216 g/mol. The molecule has 1 rings (SSSR count). The van der Waals surface area contributed by atoms with Crippen LogP contribution >= 0.6 is 0 Å². The van der Waals surface area contributed by atoms with Crippen molar-refractivity contribution in [2.75, 3.05) is 0 Å². The van der Waals surface area contributed by atoms with E-state index in [1.807, 2.05) is 9.97 Å². The van der Waals surface area contributed by atoms with Crippen molar-refractivity contribution >= 4 is 5.97 Å². The number of carbonyl (C=O) groups excluding carboxylic acids is 1. The fourth-order valence-corrected chi connectivity index (χ4v) is 0.579. The molecule has 7 heteroatoms. The third-order valence-corrected chi connectivity index (χ3v) is 0.980. The molecule has 0 amide bonds. The van der Waals surface area contributed by atoms with Gasteiger partial charge in [0.2, 0.25) is 0 Å². The molecule has 1 aromatic rings. The fourth-order valence-electron chi connectivity index (χ4n) is 0.579. The van der Waals surface area contributed by atoms with Crippen molar-refractivity contribution in [2.45, 2.75) is 0 Å². The molecule has 0 aliphatic carbocycles. The number of carbonyl (C=O) groups is 1. The fraction of sp³-hybridized carbons (Fsp3) is 0. The van der Waals surface area contributed by atoms with Gasteiger partial charge in [-0.2, -0.15) is 0 Å².